The van der Waals surface area contributed by atoms with Crippen molar-refractivity contribution in [3.8, 4) is 11.5 Å². The summed E-state index contributed by atoms with van der Waals surface area (Å²) >= 11 is 1.25. The Balaban J connectivity index is 1.37. The summed E-state index contributed by atoms with van der Waals surface area (Å²) in [5.41, 5.74) is 1.10. The molecule has 33 heavy (non-hydrogen) atoms. The summed E-state index contributed by atoms with van der Waals surface area (Å²) in [7, 11) is 0. The summed E-state index contributed by atoms with van der Waals surface area (Å²) in [6.07, 6.45) is -0.00342. The van der Waals surface area contributed by atoms with E-state index in [-0.39, 0.29) is 30.8 Å². The molecule has 2 amide bonds. The minimum Gasteiger partial charge on any atom is -0.454 e. The van der Waals surface area contributed by atoms with E-state index in [2.05, 4.69) is 20.8 Å². The van der Waals surface area contributed by atoms with Gasteiger partial charge in [-0.1, -0.05) is 11.8 Å². The number of nitrogens with zero attached hydrogens (tertiary/aromatic N) is 3. The van der Waals surface area contributed by atoms with Crippen molar-refractivity contribution in [1.82, 2.24) is 14.8 Å². The highest BCUT2D eigenvalue weighted by atomic mass is 32.2. The lowest BCUT2D eigenvalue weighted by Gasteiger charge is -2.13. The molecule has 0 saturated carbocycles. The van der Waals surface area contributed by atoms with E-state index in [0.717, 1.165) is 0 Å². The Labute approximate surface area is 193 Å². The number of fused-ring (bicyclic) bond motifs is 1. The molecule has 0 aliphatic carbocycles. The van der Waals surface area contributed by atoms with Gasteiger partial charge in [-0.3, -0.25) is 9.59 Å². The van der Waals surface area contributed by atoms with E-state index in [1.54, 1.807) is 29.7 Å². The Morgan fingerprint density at radius 2 is 1.82 bits per heavy atom. The lowest BCUT2D eigenvalue weighted by atomic mass is 10.2. The largest absolute Gasteiger partial charge is 0.454 e. The molecule has 11 heteroatoms. The normalized spacial score (nSPS) is 12.9. The molecule has 0 spiro atoms. The van der Waals surface area contributed by atoms with Crippen LogP contribution in [0.5, 0.6) is 11.5 Å². The first-order valence-corrected chi connectivity index (χ1v) is 11.2. The maximum Gasteiger partial charge on any atom is 0.237 e. The van der Waals surface area contributed by atoms with Crippen molar-refractivity contribution < 1.29 is 23.5 Å². The van der Waals surface area contributed by atoms with Crippen LogP contribution < -0.4 is 20.1 Å². The maximum atomic E-state index is 13.0. The van der Waals surface area contributed by atoms with Crippen LogP contribution >= 0.6 is 11.8 Å². The molecule has 0 radical (unpaired) electrons. The smallest absolute Gasteiger partial charge is 0.237 e. The number of carbonyl (C=O) groups excluding carboxylic acids is 2. The molecule has 0 bridgehead atoms. The van der Waals surface area contributed by atoms with Gasteiger partial charge in [0.15, 0.2) is 16.7 Å². The van der Waals surface area contributed by atoms with Gasteiger partial charge in [0.1, 0.15) is 11.6 Å². The third kappa shape index (κ3) is 5.43. The fraction of sp³-hybridized carbons (Fsp3) is 0.273. The van der Waals surface area contributed by atoms with E-state index in [9.17, 15) is 14.0 Å². The van der Waals surface area contributed by atoms with Crippen molar-refractivity contribution >= 4 is 35.0 Å². The minimum atomic E-state index is -0.467. The zero-order valence-corrected chi connectivity index (χ0v) is 18.8. The van der Waals surface area contributed by atoms with Gasteiger partial charge < -0.3 is 24.7 Å². The Morgan fingerprint density at radius 1 is 1.09 bits per heavy atom. The second-order valence-electron chi connectivity index (χ2n) is 7.19. The molecule has 1 aliphatic heterocycles. The molecule has 1 aromatic heterocycles. The summed E-state index contributed by atoms with van der Waals surface area (Å²) in [4.78, 5) is 25.1. The standard InChI is InChI=1S/C22H22FN5O4S/c1-3-28-19(11-20(29)24-15-6-4-14(23)5-7-15)26-27-22(28)33-13(2)21(30)25-16-8-9-17-18(10-16)32-12-31-17/h4-10,13H,3,11-12H2,1-2H3,(H,24,29)(H,25,30)/t13-/m1/s1. The Kier molecular flexibility index (Phi) is 6.78. The van der Waals surface area contributed by atoms with Gasteiger partial charge in [0.25, 0.3) is 0 Å². The molecule has 1 aliphatic rings. The topological polar surface area (TPSA) is 107 Å². The second kappa shape index (κ2) is 9.90. The average Bonchev–Trinajstić information content (AvgIpc) is 3.41. The molecule has 0 fully saturated rings. The van der Waals surface area contributed by atoms with Crippen LogP contribution in [0, 0.1) is 5.82 Å². The van der Waals surface area contributed by atoms with E-state index in [4.69, 9.17) is 9.47 Å². The number of nitrogens with one attached hydrogen (secondary N) is 2. The SMILES string of the molecule is CCn1c(CC(=O)Nc2ccc(F)cc2)nnc1S[C@H](C)C(=O)Nc1ccc2c(c1)OCO2. The van der Waals surface area contributed by atoms with Crippen molar-refractivity contribution in [1.29, 1.82) is 0 Å². The predicted octanol–water partition coefficient (Wildman–Crippen LogP) is 3.47. The third-order valence-electron chi connectivity index (χ3n) is 4.85. The first-order chi connectivity index (χ1) is 15.9. The Morgan fingerprint density at radius 3 is 2.58 bits per heavy atom. The minimum absolute atomic E-state index is 0.00342. The van der Waals surface area contributed by atoms with Crippen LogP contribution in [-0.2, 0) is 22.6 Å². The van der Waals surface area contributed by atoms with Gasteiger partial charge in [-0.15, -0.1) is 10.2 Å². The number of ether oxygens (including phenoxy) is 2. The highest BCUT2D eigenvalue weighted by molar-refractivity contribution is 8.00. The molecule has 4 rings (SSSR count). The summed E-state index contributed by atoms with van der Waals surface area (Å²) in [5, 5.41) is 13.9. The van der Waals surface area contributed by atoms with Crippen LogP contribution in [0.2, 0.25) is 0 Å². The van der Waals surface area contributed by atoms with Crippen molar-refractivity contribution in [3.63, 3.8) is 0 Å². The highest BCUT2D eigenvalue weighted by Gasteiger charge is 2.22. The van der Waals surface area contributed by atoms with E-state index in [1.807, 2.05) is 6.92 Å². The molecule has 172 valence electrons. The number of anilines is 2. The molecule has 3 aromatic rings. The molecule has 2 N–H and O–H groups in total. The van der Waals surface area contributed by atoms with Gasteiger partial charge in [0.05, 0.1) is 11.7 Å². The summed E-state index contributed by atoms with van der Waals surface area (Å²) in [5.74, 6) is 0.818. The number of benzene rings is 2. The number of carbonyl (C=O) groups is 2. The molecule has 0 saturated heterocycles. The lowest BCUT2D eigenvalue weighted by Crippen LogP contribution is -2.23. The van der Waals surface area contributed by atoms with Crippen LogP contribution in [0.3, 0.4) is 0 Å². The van der Waals surface area contributed by atoms with Crippen LogP contribution in [0.4, 0.5) is 15.8 Å². The fourth-order valence-corrected chi connectivity index (χ4v) is 4.10. The molecular formula is C22H22FN5O4S. The van der Waals surface area contributed by atoms with Gasteiger partial charge in [-0.2, -0.15) is 0 Å². The summed E-state index contributed by atoms with van der Waals surface area (Å²) in [6.45, 7) is 4.37. The molecule has 0 unspecified atom stereocenters. The van der Waals surface area contributed by atoms with Gasteiger partial charge in [-0.05, 0) is 50.2 Å². The van der Waals surface area contributed by atoms with Crippen molar-refractivity contribution in [2.24, 2.45) is 0 Å². The zero-order chi connectivity index (χ0) is 23.4. The fourth-order valence-electron chi connectivity index (χ4n) is 3.17. The van der Waals surface area contributed by atoms with E-state index in [1.165, 1.54) is 36.0 Å². The molecular weight excluding hydrogens is 449 g/mol. The zero-order valence-electron chi connectivity index (χ0n) is 18.0. The number of hydrogen-bond donors (Lipinski definition) is 2. The molecule has 1 atom stereocenters. The Bertz CT molecular complexity index is 1170. The number of halogens is 1. The number of amides is 2. The quantitative estimate of drug-likeness (QED) is 0.485. The first-order valence-electron chi connectivity index (χ1n) is 10.3. The summed E-state index contributed by atoms with van der Waals surface area (Å²) in [6, 6.07) is 10.7. The van der Waals surface area contributed by atoms with Gasteiger partial charge in [-0.25, -0.2) is 4.39 Å². The number of thioether (sulfide) groups is 1. The number of rotatable bonds is 8. The van der Waals surface area contributed by atoms with E-state index >= 15 is 0 Å². The van der Waals surface area contributed by atoms with E-state index < -0.39 is 5.25 Å². The summed E-state index contributed by atoms with van der Waals surface area (Å²) < 4.78 is 25.4. The molecule has 2 aromatic carbocycles. The lowest BCUT2D eigenvalue weighted by molar-refractivity contribution is -0.116. The molecule has 9 nitrogen and oxygen atoms in total. The Hall–Kier alpha value is -3.60. The van der Waals surface area contributed by atoms with Crippen molar-refractivity contribution in [2.75, 3.05) is 17.4 Å². The van der Waals surface area contributed by atoms with Gasteiger partial charge in [0, 0.05) is 24.0 Å². The highest BCUT2D eigenvalue weighted by Crippen LogP contribution is 2.34. The predicted molar refractivity (Wildman–Crippen MR) is 121 cm³/mol. The number of hydrogen-bond acceptors (Lipinski definition) is 7. The van der Waals surface area contributed by atoms with Crippen LogP contribution in [-0.4, -0.2) is 38.6 Å². The van der Waals surface area contributed by atoms with Crippen LogP contribution in [0.25, 0.3) is 0 Å². The average molecular weight is 472 g/mol. The van der Waals surface area contributed by atoms with Gasteiger partial charge >= 0.3 is 0 Å². The van der Waals surface area contributed by atoms with E-state index in [0.29, 0.717) is 40.4 Å². The maximum absolute atomic E-state index is 13.0. The van der Waals surface area contributed by atoms with Crippen molar-refractivity contribution in [3.05, 3.63) is 54.1 Å². The van der Waals surface area contributed by atoms with Crippen molar-refractivity contribution in [2.45, 2.75) is 37.2 Å². The second-order valence-corrected chi connectivity index (χ2v) is 8.50. The van der Waals surface area contributed by atoms with Crippen LogP contribution in [0.15, 0.2) is 47.6 Å². The first kappa shape index (κ1) is 22.6. The van der Waals surface area contributed by atoms with Gasteiger partial charge in [0.2, 0.25) is 18.6 Å². The monoisotopic (exact) mass is 471 g/mol. The third-order valence-corrected chi connectivity index (χ3v) is 5.93. The van der Waals surface area contributed by atoms with Crippen LogP contribution in [0.1, 0.15) is 19.7 Å². The number of aromatic nitrogens is 3. The molecule has 2 heterocycles.